The van der Waals surface area contributed by atoms with Gasteiger partial charge in [0.15, 0.2) is 0 Å². The average molecular weight is 741 g/mol. The molecule has 0 aromatic heterocycles. The van der Waals surface area contributed by atoms with Crippen molar-refractivity contribution in [1.29, 1.82) is 0 Å². The van der Waals surface area contributed by atoms with Crippen molar-refractivity contribution >= 4 is 30.1 Å². The summed E-state index contributed by atoms with van der Waals surface area (Å²) in [5.74, 6) is -1.29. The van der Waals surface area contributed by atoms with Crippen LogP contribution in [0.2, 0.25) is 0 Å². The van der Waals surface area contributed by atoms with Crippen molar-refractivity contribution in [3.05, 3.63) is 102 Å². The van der Waals surface area contributed by atoms with Crippen molar-refractivity contribution in [2.75, 3.05) is 7.11 Å². The van der Waals surface area contributed by atoms with Gasteiger partial charge in [0.05, 0.1) is 21.8 Å². The second-order valence-corrected chi connectivity index (χ2v) is 14.8. The summed E-state index contributed by atoms with van der Waals surface area (Å²) in [5.41, 5.74) is -7.00. The van der Waals surface area contributed by atoms with Gasteiger partial charge < -0.3 is 9.47 Å². The highest BCUT2D eigenvalue weighted by Crippen LogP contribution is 2.56. The summed E-state index contributed by atoms with van der Waals surface area (Å²) in [5, 5.41) is 0. The van der Waals surface area contributed by atoms with E-state index in [0.29, 0.717) is 48.5 Å². The van der Waals surface area contributed by atoms with Crippen LogP contribution in [0.1, 0.15) is 16.7 Å². The quantitative estimate of drug-likeness (QED) is 0.143. The molecule has 2 N–H and O–H groups in total. The second-order valence-electron chi connectivity index (χ2n) is 10.1. The Kier molecular flexibility index (Phi) is 9.45. The summed E-state index contributed by atoms with van der Waals surface area (Å²) in [6.45, 7) is 1.26. The van der Waals surface area contributed by atoms with Gasteiger partial charge in [-0.2, -0.15) is 43.2 Å². The predicted molar refractivity (Wildman–Crippen MR) is 155 cm³/mol. The third-order valence-electron chi connectivity index (χ3n) is 7.14. The Labute approximate surface area is 270 Å². The first kappa shape index (κ1) is 36.7. The van der Waals surface area contributed by atoms with E-state index in [4.69, 9.17) is 9.47 Å². The van der Waals surface area contributed by atoms with Crippen LogP contribution in [-0.2, 0) is 35.5 Å². The molecule has 258 valence electrons. The fourth-order valence-corrected chi connectivity index (χ4v) is 7.68. The number of aryl methyl sites for hydroxylation is 1. The standard InChI is InChI=1S/C29H22F6O10S3/c1-17-3-12-22(15-25(17)47(38,39)40)46(36,37)23-13-14-24(26(16-23)48(41,42)43)45-21-10-6-19(7-11-21)27(28(30,31)32,29(33,34)35)18-4-8-20(44-2)9-5-18/h3-16H,1-2H3,(H,38,39,40)(H,41,42,43). The van der Waals surface area contributed by atoms with Crippen LogP contribution in [0.15, 0.2) is 105 Å². The van der Waals surface area contributed by atoms with E-state index in [-0.39, 0.29) is 11.3 Å². The molecular weight excluding hydrogens is 718 g/mol. The van der Waals surface area contributed by atoms with Crippen LogP contribution in [0.5, 0.6) is 17.2 Å². The number of halogens is 6. The molecule has 4 rings (SSSR count). The van der Waals surface area contributed by atoms with E-state index in [1.54, 1.807) is 0 Å². The van der Waals surface area contributed by atoms with E-state index in [0.717, 1.165) is 36.4 Å². The van der Waals surface area contributed by atoms with Gasteiger partial charge in [0.25, 0.3) is 20.2 Å². The van der Waals surface area contributed by atoms with Crippen LogP contribution in [0.4, 0.5) is 26.3 Å². The van der Waals surface area contributed by atoms with E-state index < -0.39 is 90.0 Å². The van der Waals surface area contributed by atoms with Crippen LogP contribution >= 0.6 is 0 Å². The van der Waals surface area contributed by atoms with Gasteiger partial charge in [-0.1, -0.05) is 30.3 Å². The first-order valence-electron chi connectivity index (χ1n) is 13.0. The van der Waals surface area contributed by atoms with E-state index in [1.165, 1.54) is 14.0 Å². The maximum absolute atomic E-state index is 14.4. The highest BCUT2D eigenvalue weighted by molar-refractivity contribution is 7.91. The Morgan fingerprint density at radius 1 is 0.583 bits per heavy atom. The normalized spacial score (nSPS) is 13.3. The van der Waals surface area contributed by atoms with Crippen LogP contribution in [0, 0.1) is 6.92 Å². The first-order valence-corrected chi connectivity index (χ1v) is 17.3. The third-order valence-corrected chi connectivity index (χ3v) is 10.8. The maximum Gasteiger partial charge on any atom is 0.411 e. The van der Waals surface area contributed by atoms with Crippen molar-refractivity contribution in [3.8, 4) is 17.2 Å². The molecule has 48 heavy (non-hydrogen) atoms. The summed E-state index contributed by atoms with van der Waals surface area (Å²) >= 11 is 0. The highest BCUT2D eigenvalue weighted by atomic mass is 32.2. The van der Waals surface area contributed by atoms with Gasteiger partial charge in [0, 0.05) is 0 Å². The van der Waals surface area contributed by atoms with Gasteiger partial charge >= 0.3 is 12.4 Å². The molecule has 0 saturated carbocycles. The number of rotatable bonds is 9. The molecule has 0 atom stereocenters. The Morgan fingerprint density at radius 2 is 1.00 bits per heavy atom. The second kappa shape index (κ2) is 12.4. The molecule has 0 saturated heterocycles. The molecule has 0 unspecified atom stereocenters. The molecule has 0 aliphatic rings. The summed E-state index contributed by atoms with van der Waals surface area (Å²) in [6, 6.07) is 9.91. The smallest absolute Gasteiger partial charge is 0.411 e. The van der Waals surface area contributed by atoms with Crippen molar-refractivity contribution in [1.82, 2.24) is 0 Å². The fourth-order valence-electron chi connectivity index (χ4n) is 4.83. The minimum atomic E-state index is -5.92. The lowest BCUT2D eigenvalue weighted by Crippen LogP contribution is -2.54. The predicted octanol–water partition coefficient (Wildman–Crippen LogP) is 6.53. The molecule has 10 nitrogen and oxygen atoms in total. The Hall–Kier alpha value is -4.17. The van der Waals surface area contributed by atoms with E-state index in [2.05, 4.69) is 0 Å². The number of methoxy groups -OCH3 is 1. The molecule has 0 fully saturated rings. The molecule has 0 aliphatic carbocycles. The van der Waals surface area contributed by atoms with Gasteiger partial charge in [0.1, 0.15) is 22.1 Å². The molecule has 0 amide bonds. The number of alkyl halides is 6. The monoisotopic (exact) mass is 740 g/mol. The number of hydrogen-bond donors (Lipinski definition) is 2. The molecule has 4 aromatic rings. The van der Waals surface area contributed by atoms with Gasteiger partial charge in [-0.05, 0) is 78.2 Å². The topological polar surface area (TPSA) is 161 Å². The van der Waals surface area contributed by atoms with Crippen LogP contribution in [0.3, 0.4) is 0 Å². The van der Waals surface area contributed by atoms with Crippen molar-refractivity contribution < 1.29 is 70.2 Å². The molecule has 0 heterocycles. The summed E-state index contributed by atoms with van der Waals surface area (Å²) < 4.78 is 190. The van der Waals surface area contributed by atoms with Gasteiger partial charge in [-0.15, -0.1) is 0 Å². The number of ether oxygens (including phenoxy) is 2. The SMILES string of the molecule is COc1ccc(C(c2ccc(Oc3ccc(S(=O)(=O)c4ccc(C)c(S(=O)(=O)O)c4)cc3S(=O)(=O)O)cc2)(C(F)(F)F)C(F)(F)F)cc1. The Morgan fingerprint density at radius 3 is 1.42 bits per heavy atom. The summed E-state index contributed by atoms with van der Waals surface area (Å²) in [6.07, 6.45) is -11.8. The van der Waals surface area contributed by atoms with Crippen LogP contribution in [0.25, 0.3) is 0 Å². The third kappa shape index (κ3) is 6.73. The van der Waals surface area contributed by atoms with E-state index in [9.17, 15) is 60.7 Å². The Bertz CT molecular complexity index is 2170. The number of sulfone groups is 1. The minimum absolute atomic E-state index is 0.00377. The molecule has 0 aliphatic heterocycles. The first-order chi connectivity index (χ1) is 21.9. The molecule has 19 heteroatoms. The van der Waals surface area contributed by atoms with E-state index in [1.807, 2.05) is 0 Å². The minimum Gasteiger partial charge on any atom is -0.497 e. The number of hydrogen-bond acceptors (Lipinski definition) is 8. The van der Waals surface area contributed by atoms with Crippen molar-refractivity contribution in [2.24, 2.45) is 0 Å². The molecule has 4 aromatic carbocycles. The summed E-state index contributed by atoms with van der Waals surface area (Å²) in [4.78, 5) is -3.43. The lowest BCUT2D eigenvalue weighted by atomic mass is 9.73. The molecular formula is C29H22F6O10S3. The van der Waals surface area contributed by atoms with E-state index >= 15 is 0 Å². The van der Waals surface area contributed by atoms with Crippen LogP contribution in [-0.4, -0.2) is 53.8 Å². The zero-order valence-electron chi connectivity index (χ0n) is 24.2. The Balaban J connectivity index is 1.79. The largest absolute Gasteiger partial charge is 0.497 e. The lowest BCUT2D eigenvalue weighted by molar-refractivity contribution is -0.288. The van der Waals surface area contributed by atoms with Crippen LogP contribution < -0.4 is 9.47 Å². The lowest BCUT2D eigenvalue weighted by Gasteiger charge is -2.38. The molecule has 0 spiro atoms. The molecule has 0 bridgehead atoms. The van der Waals surface area contributed by atoms with Crippen molar-refractivity contribution in [3.63, 3.8) is 0 Å². The summed E-state index contributed by atoms with van der Waals surface area (Å²) in [7, 11) is -13.7. The zero-order chi connectivity index (χ0) is 36.1. The highest BCUT2D eigenvalue weighted by Gasteiger charge is 2.72. The van der Waals surface area contributed by atoms with Gasteiger partial charge in [-0.3, -0.25) is 9.11 Å². The average Bonchev–Trinajstić information content (AvgIpc) is 2.96. The number of benzene rings is 4. The zero-order valence-corrected chi connectivity index (χ0v) is 26.7. The van der Waals surface area contributed by atoms with Crippen molar-refractivity contribution in [2.45, 2.75) is 44.3 Å². The van der Waals surface area contributed by atoms with Gasteiger partial charge in [-0.25, -0.2) is 8.42 Å². The molecule has 0 radical (unpaired) electrons. The maximum atomic E-state index is 14.4. The fraction of sp³-hybridized carbons (Fsp3) is 0.172. The van der Waals surface area contributed by atoms with Gasteiger partial charge in [0.2, 0.25) is 15.3 Å².